The Balaban J connectivity index is 1.05. The van der Waals surface area contributed by atoms with E-state index in [0.29, 0.717) is 0 Å². The minimum atomic E-state index is 1.16. The summed E-state index contributed by atoms with van der Waals surface area (Å²) in [5.41, 5.74) is 4.64. The molecule has 0 saturated heterocycles. The number of hydrogen-bond donors (Lipinski definition) is 0. The summed E-state index contributed by atoms with van der Waals surface area (Å²) < 4.78 is 0. The maximum atomic E-state index is 2.33. The number of thiophene rings is 4. The normalized spacial score (nSPS) is 11.0. The van der Waals surface area contributed by atoms with Crippen LogP contribution >= 0.6 is 45.3 Å². The zero-order valence-corrected chi connectivity index (χ0v) is 28.0. The van der Waals surface area contributed by atoms with Gasteiger partial charge in [-0.15, -0.1) is 45.3 Å². The van der Waals surface area contributed by atoms with Crippen molar-refractivity contribution in [3.63, 3.8) is 0 Å². The molecule has 4 aromatic carbocycles. The van der Waals surface area contributed by atoms with Crippen molar-refractivity contribution in [3.8, 4) is 29.3 Å². The SMILES string of the molecule is c1ccc(N(c2ccccc2)c2ccc(-c3ccc(-c4ccc(-c5ccc(N(c6ccccc6)c6ccccc6)s5)s4)s3)s2)cc1. The van der Waals surface area contributed by atoms with E-state index >= 15 is 0 Å². The molecule has 0 aliphatic rings. The Morgan fingerprint density at radius 2 is 0.478 bits per heavy atom. The lowest BCUT2D eigenvalue weighted by molar-refractivity contribution is 1.32. The minimum Gasteiger partial charge on any atom is -0.302 e. The predicted octanol–water partition coefficient (Wildman–Crippen LogP) is 13.9. The number of nitrogens with zero attached hydrogens (tertiary/aromatic N) is 2. The first-order valence-corrected chi connectivity index (χ1v) is 18.3. The lowest BCUT2D eigenvalue weighted by Gasteiger charge is -2.23. The van der Waals surface area contributed by atoms with Crippen molar-refractivity contribution in [1.29, 1.82) is 0 Å². The summed E-state index contributed by atoms with van der Waals surface area (Å²) in [5, 5.41) is 2.41. The number of hydrogen-bond acceptors (Lipinski definition) is 6. The van der Waals surface area contributed by atoms with Crippen molar-refractivity contribution in [2.75, 3.05) is 9.80 Å². The van der Waals surface area contributed by atoms with E-state index in [0.717, 1.165) is 22.7 Å². The molecular weight excluding hydrogens is 637 g/mol. The second-order valence-corrected chi connectivity index (χ2v) is 14.9. The highest BCUT2D eigenvalue weighted by molar-refractivity contribution is 7.29. The smallest absolute Gasteiger partial charge is 0.101 e. The third kappa shape index (κ3) is 5.84. The van der Waals surface area contributed by atoms with Gasteiger partial charge in [0, 0.05) is 52.0 Å². The van der Waals surface area contributed by atoms with E-state index in [2.05, 4.69) is 180 Å². The van der Waals surface area contributed by atoms with Gasteiger partial charge >= 0.3 is 0 Å². The van der Waals surface area contributed by atoms with Crippen LogP contribution in [0.2, 0.25) is 0 Å². The van der Waals surface area contributed by atoms with Gasteiger partial charge in [-0.25, -0.2) is 0 Å². The van der Waals surface area contributed by atoms with Crippen LogP contribution in [-0.2, 0) is 0 Å². The molecule has 46 heavy (non-hydrogen) atoms. The van der Waals surface area contributed by atoms with Crippen LogP contribution < -0.4 is 9.80 Å². The van der Waals surface area contributed by atoms with Crippen LogP contribution in [0.5, 0.6) is 0 Å². The van der Waals surface area contributed by atoms with E-state index in [4.69, 9.17) is 0 Å². The first-order chi connectivity index (χ1) is 22.8. The molecule has 2 nitrogen and oxygen atoms in total. The Morgan fingerprint density at radius 3 is 0.761 bits per heavy atom. The average Bonchev–Trinajstić information content (AvgIpc) is 3.94. The lowest BCUT2D eigenvalue weighted by atomic mass is 10.2. The zero-order valence-electron chi connectivity index (χ0n) is 24.7. The molecule has 0 saturated carbocycles. The molecule has 0 N–H and O–H groups in total. The highest BCUT2D eigenvalue weighted by atomic mass is 32.1. The molecule has 4 heterocycles. The Bertz CT molecular complexity index is 1920. The Hall–Kier alpha value is -4.72. The molecule has 0 atom stereocenters. The third-order valence-corrected chi connectivity index (χ3v) is 12.5. The van der Waals surface area contributed by atoms with E-state index in [-0.39, 0.29) is 0 Å². The van der Waals surface area contributed by atoms with Gasteiger partial charge in [0.2, 0.25) is 0 Å². The van der Waals surface area contributed by atoms with Crippen LogP contribution in [-0.4, -0.2) is 0 Å². The highest BCUT2D eigenvalue weighted by Crippen LogP contribution is 2.47. The fourth-order valence-electron chi connectivity index (χ4n) is 5.48. The molecule has 0 fully saturated rings. The van der Waals surface area contributed by atoms with Crippen LogP contribution in [0.1, 0.15) is 0 Å². The number of para-hydroxylation sites is 4. The topological polar surface area (TPSA) is 6.48 Å². The van der Waals surface area contributed by atoms with E-state index in [1.54, 1.807) is 0 Å². The van der Waals surface area contributed by atoms with E-state index in [1.165, 1.54) is 39.3 Å². The molecule has 0 aliphatic heterocycles. The first-order valence-electron chi connectivity index (χ1n) is 15.0. The van der Waals surface area contributed by atoms with Crippen LogP contribution in [0.4, 0.5) is 32.8 Å². The molecule has 0 radical (unpaired) electrons. The number of rotatable bonds is 9. The Morgan fingerprint density at radius 1 is 0.239 bits per heavy atom. The van der Waals surface area contributed by atoms with Gasteiger partial charge in [-0.2, -0.15) is 0 Å². The summed E-state index contributed by atoms with van der Waals surface area (Å²) in [7, 11) is 0. The zero-order chi connectivity index (χ0) is 30.7. The predicted molar refractivity (Wildman–Crippen MR) is 204 cm³/mol. The molecule has 0 aliphatic carbocycles. The average molecular weight is 665 g/mol. The van der Waals surface area contributed by atoms with Gasteiger partial charge in [-0.3, -0.25) is 0 Å². The second-order valence-electron chi connectivity index (χ2n) is 10.6. The highest BCUT2D eigenvalue weighted by Gasteiger charge is 2.18. The fourth-order valence-corrected chi connectivity index (χ4v) is 9.86. The molecule has 4 aromatic heterocycles. The summed E-state index contributed by atoms with van der Waals surface area (Å²) >= 11 is 7.40. The van der Waals surface area contributed by atoms with E-state index in [1.807, 2.05) is 45.3 Å². The van der Waals surface area contributed by atoms with Crippen molar-refractivity contribution in [1.82, 2.24) is 0 Å². The van der Waals surface area contributed by atoms with Crippen LogP contribution in [0.15, 0.2) is 170 Å². The van der Waals surface area contributed by atoms with Gasteiger partial charge in [0.05, 0.1) is 0 Å². The maximum absolute atomic E-state index is 2.33. The first kappa shape index (κ1) is 28.7. The molecule has 0 amide bonds. The molecule has 0 unspecified atom stereocenters. The van der Waals surface area contributed by atoms with Gasteiger partial charge in [-0.05, 0) is 97.1 Å². The van der Waals surface area contributed by atoms with Gasteiger partial charge in [-0.1, -0.05) is 72.8 Å². The van der Waals surface area contributed by atoms with Crippen LogP contribution in [0.3, 0.4) is 0 Å². The van der Waals surface area contributed by atoms with Crippen LogP contribution in [0.25, 0.3) is 29.3 Å². The maximum Gasteiger partial charge on any atom is 0.101 e. The van der Waals surface area contributed by atoms with Crippen molar-refractivity contribution >= 4 is 78.1 Å². The minimum absolute atomic E-state index is 1.16. The molecule has 222 valence electrons. The Labute approximate surface area is 285 Å². The molecule has 0 spiro atoms. The van der Waals surface area contributed by atoms with Crippen molar-refractivity contribution in [2.24, 2.45) is 0 Å². The molecule has 6 heteroatoms. The van der Waals surface area contributed by atoms with Crippen molar-refractivity contribution in [3.05, 3.63) is 170 Å². The monoisotopic (exact) mass is 664 g/mol. The largest absolute Gasteiger partial charge is 0.302 e. The second kappa shape index (κ2) is 12.9. The van der Waals surface area contributed by atoms with Gasteiger partial charge < -0.3 is 9.80 Å². The van der Waals surface area contributed by atoms with E-state index < -0.39 is 0 Å². The fraction of sp³-hybridized carbons (Fsp3) is 0. The third-order valence-electron chi connectivity index (χ3n) is 7.62. The number of anilines is 6. The van der Waals surface area contributed by atoms with Gasteiger partial charge in [0.15, 0.2) is 0 Å². The summed E-state index contributed by atoms with van der Waals surface area (Å²) in [4.78, 5) is 12.4. The van der Waals surface area contributed by atoms with Crippen LogP contribution in [0, 0.1) is 0 Å². The quantitative estimate of drug-likeness (QED) is 0.151. The molecular formula is C40H28N2S4. The molecule has 8 rings (SSSR count). The standard InChI is InChI=1S/C40H28N2S4/c1-5-13-29(14-6-1)41(30-15-7-2-8-16-30)39-27-25-37(45-39)35-23-21-33(43-35)34-22-24-36(44-34)38-26-28-40(46-38)42(31-17-9-3-10-18-31)32-19-11-4-12-20-32/h1-28H. The van der Waals surface area contributed by atoms with Gasteiger partial charge in [0.25, 0.3) is 0 Å². The summed E-state index contributed by atoms with van der Waals surface area (Å²) in [6.45, 7) is 0. The van der Waals surface area contributed by atoms with Crippen molar-refractivity contribution < 1.29 is 0 Å². The van der Waals surface area contributed by atoms with Crippen molar-refractivity contribution in [2.45, 2.75) is 0 Å². The lowest BCUT2D eigenvalue weighted by Crippen LogP contribution is -2.07. The summed E-state index contributed by atoms with van der Waals surface area (Å²) in [6, 6.07) is 60.5. The van der Waals surface area contributed by atoms with Gasteiger partial charge in [0.1, 0.15) is 10.0 Å². The summed E-state index contributed by atoms with van der Waals surface area (Å²) in [6.07, 6.45) is 0. The molecule has 8 aromatic rings. The summed E-state index contributed by atoms with van der Waals surface area (Å²) in [5.74, 6) is 0. The van der Waals surface area contributed by atoms with E-state index in [9.17, 15) is 0 Å². The Kier molecular flexibility index (Phi) is 8.09. The molecule has 0 bridgehead atoms. The number of benzene rings is 4.